The predicted molar refractivity (Wildman–Crippen MR) is 149 cm³/mol. The Bertz CT molecular complexity index is 1470. The monoisotopic (exact) mass is 505 g/mol. The molecule has 0 aliphatic carbocycles. The molecule has 0 radical (unpaired) electrons. The molecule has 3 aromatic carbocycles. The van der Waals surface area contributed by atoms with Crippen molar-refractivity contribution in [2.24, 2.45) is 0 Å². The molecule has 0 atom stereocenters. The summed E-state index contributed by atoms with van der Waals surface area (Å²) >= 11 is 0. The highest BCUT2D eigenvalue weighted by Crippen LogP contribution is 2.27. The van der Waals surface area contributed by atoms with E-state index in [9.17, 15) is 9.18 Å². The Morgan fingerprint density at radius 1 is 1.00 bits per heavy atom. The molecule has 1 aromatic heterocycles. The highest BCUT2D eigenvalue weighted by atomic mass is 19.1. The maximum absolute atomic E-state index is 13.5. The van der Waals surface area contributed by atoms with Crippen molar-refractivity contribution in [1.29, 1.82) is 0 Å². The van der Waals surface area contributed by atoms with Gasteiger partial charge in [0.1, 0.15) is 11.6 Å². The van der Waals surface area contributed by atoms with Crippen LogP contribution < -0.4 is 10.2 Å². The first-order valence-corrected chi connectivity index (χ1v) is 12.6. The van der Waals surface area contributed by atoms with Gasteiger partial charge in [-0.15, -0.1) is 0 Å². The number of benzene rings is 3. The van der Waals surface area contributed by atoms with E-state index in [2.05, 4.69) is 24.9 Å². The molecule has 1 amide bonds. The molecule has 2 heterocycles. The molecule has 190 valence electrons. The number of nitrogens with one attached hydrogen (secondary N) is 1. The van der Waals surface area contributed by atoms with Crippen LogP contribution in [0.25, 0.3) is 16.0 Å². The molecule has 4 aromatic rings. The van der Waals surface area contributed by atoms with Crippen LogP contribution in [0, 0.1) is 19.3 Å². The van der Waals surface area contributed by atoms with Crippen molar-refractivity contribution in [3.8, 4) is 11.1 Å². The lowest BCUT2D eigenvalue weighted by Gasteiger charge is -2.35. The van der Waals surface area contributed by atoms with Crippen LogP contribution in [0.3, 0.4) is 0 Å². The number of hydrogen-bond donors (Lipinski definition) is 1. The summed E-state index contributed by atoms with van der Waals surface area (Å²) in [6.45, 7) is 13.3. The van der Waals surface area contributed by atoms with E-state index < -0.39 is 0 Å². The van der Waals surface area contributed by atoms with Crippen LogP contribution in [0.2, 0.25) is 0 Å². The van der Waals surface area contributed by atoms with E-state index in [4.69, 9.17) is 6.57 Å². The number of rotatable bonds is 6. The van der Waals surface area contributed by atoms with Gasteiger partial charge in [0.2, 0.25) is 0 Å². The third-order valence-electron chi connectivity index (χ3n) is 6.80. The molecule has 0 bridgehead atoms. The second-order valence-electron chi connectivity index (χ2n) is 9.44. The van der Waals surface area contributed by atoms with Crippen LogP contribution >= 0.6 is 0 Å². The molecule has 7 heteroatoms. The summed E-state index contributed by atoms with van der Waals surface area (Å²) in [4.78, 5) is 25.5. The fourth-order valence-corrected chi connectivity index (χ4v) is 4.67. The third kappa shape index (κ3) is 5.88. The van der Waals surface area contributed by atoms with Gasteiger partial charge in [-0.1, -0.05) is 42.5 Å². The van der Waals surface area contributed by atoms with Crippen molar-refractivity contribution >= 4 is 23.1 Å². The Balaban J connectivity index is 1.19. The van der Waals surface area contributed by atoms with Crippen LogP contribution in [-0.4, -0.2) is 42.0 Å². The van der Waals surface area contributed by atoms with E-state index >= 15 is 0 Å². The summed E-state index contributed by atoms with van der Waals surface area (Å²) in [6.07, 6.45) is 1.69. The summed E-state index contributed by atoms with van der Waals surface area (Å²) in [7, 11) is 0. The number of aromatic nitrogens is 1. The Labute approximate surface area is 222 Å². The Hall–Kier alpha value is -4.54. The summed E-state index contributed by atoms with van der Waals surface area (Å²) in [5, 5.41) is 2.95. The highest BCUT2D eigenvalue weighted by Gasteiger charge is 2.18. The number of amides is 1. The van der Waals surface area contributed by atoms with Gasteiger partial charge in [0.15, 0.2) is 5.69 Å². The lowest BCUT2D eigenvalue weighted by atomic mass is 9.97. The Morgan fingerprint density at radius 2 is 1.79 bits per heavy atom. The molecule has 0 saturated carbocycles. The minimum Gasteiger partial charge on any atom is -0.354 e. The molecule has 0 unspecified atom stereocenters. The number of anilines is 2. The highest BCUT2D eigenvalue weighted by molar-refractivity contribution is 6.05. The van der Waals surface area contributed by atoms with E-state index in [1.165, 1.54) is 6.07 Å². The molecule has 1 aliphatic rings. The molecule has 38 heavy (non-hydrogen) atoms. The van der Waals surface area contributed by atoms with Gasteiger partial charge < -0.3 is 10.2 Å². The quantitative estimate of drug-likeness (QED) is 0.312. The third-order valence-corrected chi connectivity index (χ3v) is 6.80. The van der Waals surface area contributed by atoms with Crippen molar-refractivity contribution in [3.05, 3.63) is 119 Å². The number of pyridine rings is 1. The number of nitrogens with zero attached hydrogens (tertiary/aromatic N) is 4. The zero-order valence-electron chi connectivity index (χ0n) is 21.2. The molecule has 1 fully saturated rings. The second-order valence-corrected chi connectivity index (χ2v) is 9.44. The van der Waals surface area contributed by atoms with Crippen LogP contribution in [0.4, 0.5) is 21.6 Å². The van der Waals surface area contributed by atoms with Crippen molar-refractivity contribution < 1.29 is 9.18 Å². The van der Waals surface area contributed by atoms with E-state index in [1.807, 2.05) is 55.5 Å². The first-order chi connectivity index (χ1) is 18.5. The van der Waals surface area contributed by atoms with E-state index in [0.717, 1.165) is 60.8 Å². The standard InChI is InChI=1S/C31H28FN5O/c1-22-6-7-25(19-29(22)24-8-10-27(33-2)11-9-24)31(38)35-28-12-13-30(34-20-28)37-16-14-36(15-17-37)21-23-4-3-5-26(32)18-23/h3-13,18-20H,14-17,21H2,1H3,(H,35,38). The van der Waals surface area contributed by atoms with Crippen molar-refractivity contribution in [1.82, 2.24) is 9.88 Å². The molecule has 1 aliphatic heterocycles. The molecule has 0 spiro atoms. The van der Waals surface area contributed by atoms with Gasteiger partial charge in [0, 0.05) is 38.3 Å². The first kappa shape index (κ1) is 25.1. The maximum Gasteiger partial charge on any atom is 0.255 e. The summed E-state index contributed by atoms with van der Waals surface area (Å²) < 4.78 is 13.5. The number of halogens is 1. The number of carbonyl (C=O) groups excluding carboxylic acids is 1. The molecular weight excluding hydrogens is 477 g/mol. The van der Waals surface area contributed by atoms with Crippen molar-refractivity contribution in [2.75, 3.05) is 36.4 Å². The normalized spacial score (nSPS) is 13.7. The first-order valence-electron chi connectivity index (χ1n) is 12.6. The van der Waals surface area contributed by atoms with E-state index in [0.29, 0.717) is 16.9 Å². The number of carbonyl (C=O) groups is 1. The number of aryl methyl sites for hydroxylation is 1. The van der Waals surface area contributed by atoms with Gasteiger partial charge in [-0.25, -0.2) is 14.2 Å². The van der Waals surface area contributed by atoms with Crippen molar-refractivity contribution in [3.63, 3.8) is 0 Å². The maximum atomic E-state index is 13.5. The topological polar surface area (TPSA) is 52.8 Å². The molecular formula is C31H28FN5O. The molecule has 5 rings (SSSR count). The summed E-state index contributed by atoms with van der Waals surface area (Å²) in [5.41, 5.74) is 5.73. The largest absolute Gasteiger partial charge is 0.354 e. The van der Waals surface area contributed by atoms with E-state index in [-0.39, 0.29) is 11.7 Å². The number of piperazine rings is 1. The average molecular weight is 506 g/mol. The lowest BCUT2D eigenvalue weighted by molar-refractivity contribution is 0.102. The van der Waals surface area contributed by atoms with Gasteiger partial charge in [-0.2, -0.15) is 0 Å². The number of hydrogen-bond acceptors (Lipinski definition) is 4. The summed E-state index contributed by atoms with van der Waals surface area (Å²) in [5.74, 6) is 0.464. The molecule has 1 saturated heterocycles. The zero-order valence-corrected chi connectivity index (χ0v) is 21.2. The Morgan fingerprint density at radius 3 is 2.47 bits per heavy atom. The van der Waals surface area contributed by atoms with Gasteiger partial charge >= 0.3 is 0 Å². The van der Waals surface area contributed by atoms with Crippen LogP contribution in [0.1, 0.15) is 21.5 Å². The average Bonchev–Trinajstić information content (AvgIpc) is 2.94. The van der Waals surface area contributed by atoms with Gasteiger partial charge in [-0.05, 0) is 65.6 Å². The van der Waals surface area contributed by atoms with Crippen LogP contribution in [-0.2, 0) is 6.54 Å². The van der Waals surface area contributed by atoms with Gasteiger partial charge in [0.05, 0.1) is 18.5 Å². The van der Waals surface area contributed by atoms with Gasteiger partial charge in [-0.3, -0.25) is 9.69 Å². The predicted octanol–water partition coefficient (Wildman–Crippen LogP) is 6.32. The molecule has 1 N–H and O–H groups in total. The second kappa shape index (κ2) is 11.2. The lowest BCUT2D eigenvalue weighted by Crippen LogP contribution is -2.46. The fourth-order valence-electron chi connectivity index (χ4n) is 4.67. The minimum absolute atomic E-state index is 0.201. The van der Waals surface area contributed by atoms with Crippen LogP contribution in [0.5, 0.6) is 0 Å². The van der Waals surface area contributed by atoms with Crippen molar-refractivity contribution in [2.45, 2.75) is 13.5 Å². The molecule has 6 nitrogen and oxygen atoms in total. The van der Waals surface area contributed by atoms with Crippen LogP contribution in [0.15, 0.2) is 85.1 Å². The smallest absolute Gasteiger partial charge is 0.255 e. The minimum atomic E-state index is -0.204. The summed E-state index contributed by atoms with van der Waals surface area (Å²) in [6, 6.07) is 23.6. The SMILES string of the molecule is [C-]#[N+]c1ccc(-c2cc(C(=O)Nc3ccc(N4CCN(Cc5cccc(F)c5)CC4)nc3)ccc2C)cc1. The Kier molecular flexibility index (Phi) is 7.43. The van der Waals surface area contributed by atoms with E-state index in [1.54, 1.807) is 30.5 Å². The van der Waals surface area contributed by atoms with Gasteiger partial charge in [0.25, 0.3) is 5.91 Å². The fraction of sp³-hybridized carbons (Fsp3) is 0.194. The zero-order chi connectivity index (χ0) is 26.5.